The monoisotopic (exact) mass is 174 g/mol. The number of hydrogen-bond donors (Lipinski definition) is 1. The number of benzene rings is 1. The summed E-state index contributed by atoms with van der Waals surface area (Å²) in [6.45, 7) is 0. The molecule has 4 nitrogen and oxygen atoms in total. The molecule has 12 heavy (non-hydrogen) atoms. The molecule has 1 aromatic carbocycles. The van der Waals surface area contributed by atoms with Crippen molar-refractivity contribution in [2.75, 3.05) is 5.73 Å². The first-order chi connectivity index (χ1) is 5.54. The highest BCUT2D eigenvalue weighted by Gasteiger charge is 2.21. The predicted molar refractivity (Wildman–Crippen MR) is 37.4 cm³/mol. The Morgan fingerprint density at radius 1 is 1.42 bits per heavy atom. The molecule has 6 heteroatoms. The molecule has 0 aliphatic rings. The fourth-order valence-corrected chi connectivity index (χ4v) is 0.740. The van der Waals surface area contributed by atoms with Crippen LogP contribution in [0.4, 0.5) is 20.2 Å². The minimum absolute atomic E-state index is 0.390. The number of nitrogens with zero attached hydrogens (tertiary/aromatic N) is 1. The number of nitro benzene ring substituents is 1. The standard InChI is InChI=1S/C6H4F2N2O2/c7-3-1-2-4(9)6(5(3)8)10(11)12/h1-2H,9H2. The van der Waals surface area contributed by atoms with Crippen molar-refractivity contribution in [2.45, 2.75) is 0 Å². The van der Waals surface area contributed by atoms with Gasteiger partial charge in [-0.15, -0.1) is 0 Å². The lowest BCUT2D eigenvalue weighted by Crippen LogP contribution is -2.00. The van der Waals surface area contributed by atoms with Crippen molar-refractivity contribution in [3.05, 3.63) is 33.9 Å². The average molecular weight is 174 g/mol. The predicted octanol–water partition coefficient (Wildman–Crippen LogP) is 1.46. The fraction of sp³-hybridized carbons (Fsp3) is 0. The minimum Gasteiger partial charge on any atom is -0.393 e. The van der Waals surface area contributed by atoms with Gasteiger partial charge in [-0.3, -0.25) is 10.1 Å². The van der Waals surface area contributed by atoms with Crippen LogP contribution >= 0.6 is 0 Å². The van der Waals surface area contributed by atoms with Gasteiger partial charge in [-0.2, -0.15) is 4.39 Å². The SMILES string of the molecule is Nc1ccc(F)c(F)c1[N+](=O)[O-]. The van der Waals surface area contributed by atoms with E-state index in [2.05, 4.69) is 0 Å². The van der Waals surface area contributed by atoms with Crippen LogP contribution in [-0.2, 0) is 0 Å². The molecule has 64 valence electrons. The van der Waals surface area contributed by atoms with Crippen molar-refractivity contribution in [3.8, 4) is 0 Å². The van der Waals surface area contributed by atoms with Crippen molar-refractivity contribution in [1.82, 2.24) is 0 Å². The molecule has 0 spiro atoms. The second kappa shape index (κ2) is 2.72. The fourth-order valence-electron chi connectivity index (χ4n) is 0.740. The largest absolute Gasteiger partial charge is 0.393 e. The van der Waals surface area contributed by atoms with Crippen LogP contribution in [0.5, 0.6) is 0 Å². The zero-order chi connectivity index (χ0) is 9.30. The molecule has 0 fully saturated rings. The normalized spacial score (nSPS) is 9.83. The lowest BCUT2D eigenvalue weighted by molar-refractivity contribution is -0.386. The average Bonchev–Trinajstić information content (AvgIpc) is 1.97. The molecule has 0 saturated carbocycles. The summed E-state index contributed by atoms with van der Waals surface area (Å²) in [5.41, 5.74) is 3.63. The summed E-state index contributed by atoms with van der Waals surface area (Å²) < 4.78 is 25.0. The van der Waals surface area contributed by atoms with Crippen LogP contribution in [0.3, 0.4) is 0 Å². The molecular formula is C6H4F2N2O2. The molecule has 0 unspecified atom stereocenters. The summed E-state index contributed by atoms with van der Waals surface area (Å²) in [5, 5.41) is 10.1. The topological polar surface area (TPSA) is 69.2 Å². The van der Waals surface area contributed by atoms with E-state index in [0.717, 1.165) is 12.1 Å². The van der Waals surface area contributed by atoms with E-state index in [0.29, 0.717) is 0 Å². The van der Waals surface area contributed by atoms with E-state index < -0.39 is 22.2 Å². The number of nitro groups is 1. The first-order valence-corrected chi connectivity index (χ1v) is 2.92. The van der Waals surface area contributed by atoms with Gasteiger partial charge in [0.05, 0.1) is 4.92 Å². The molecule has 0 bridgehead atoms. The third kappa shape index (κ3) is 1.18. The van der Waals surface area contributed by atoms with Gasteiger partial charge < -0.3 is 5.73 Å². The lowest BCUT2D eigenvalue weighted by Gasteiger charge is -1.97. The molecule has 0 saturated heterocycles. The summed E-state index contributed by atoms with van der Waals surface area (Å²) in [6.07, 6.45) is 0. The number of nitrogen functional groups attached to an aromatic ring is 1. The third-order valence-corrected chi connectivity index (χ3v) is 1.28. The molecule has 0 atom stereocenters. The highest BCUT2D eigenvalue weighted by molar-refractivity contribution is 5.58. The van der Waals surface area contributed by atoms with Gasteiger partial charge in [0.2, 0.25) is 5.82 Å². The molecule has 0 heterocycles. The van der Waals surface area contributed by atoms with Crippen molar-refractivity contribution in [1.29, 1.82) is 0 Å². The molecule has 1 rings (SSSR count). The highest BCUT2D eigenvalue weighted by Crippen LogP contribution is 2.26. The van der Waals surface area contributed by atoms with E-state index in [1.54, 1.807) is 0 Å². The number of rotatable bonds is 1. The van der Waals surface area contributed by atoms with Gasteiger partial charge in [-0.05, 0) is 12.1 Å². The van der Waals surface area contributed by atoms with Crippen LogP contribution in [0.1, 0.15) is 0 Å². The molecule has 0 amide bonds. The molecule has 0 aromatic heterocycles. The zero-order valence-corrected chi connectivity index (χ0v) is 5.75. The quantitative estimate of drug-likeness (QED) is 0.398. The van der Waals surface area contributed by atoms with Crippen LogP contribution in [0.2, 0.25) is 0 Å². The Kier molecular flexibility index (Phi) is 1.90. The Morgan fingerprint density at radius 2 is 2.00 bits per heavy atom. The zero-order valence-electron chi connectivity index (χ0n) is 5.75. The Labute approximate surface area is 65.8 Å². The van der Waals surface area contributed by atoms with Crippen LogP contribution in [0, 0.1) is 21.7 Å². The van der Waals surface area contributed by atoms with E-state index in [4.69, 9.17) is 5.73 Å². The first-order valence-electron chi connectivity index (χ1n) is 2.92. The van der Waals surface area contributed by atoms with E-state index in [9.17, 15) is 18.9 Å². The van der Waals surface area contributed by atoms with E-state index >= 15 is 0 Å². The Morgan fingerprint density at radius 3 is 2.42 bits per heavy atom. The van der Waals surface area contributed by atoms with Crippen molar-refractivity contribution in [3.63, 3.8) is 0 Å². The van der Waals surface area contributed by atoms with Crippen LogP contribution in [0.15, 0.2) is 12.1 Å². The van der Waals surface area contributed by atoms with Crippen LogP contribution in [0.25, 0.3) is 0 Å². The van der Waals surface area contributed by atoms with Crippen LogP contribution < -0.4 is 5.73 Å². The smallest absolute Gasteiger partial charge is 0.330 e. The highest BCUT2D eigenvalue weighted by atomic mass is 19.2. The maximum absolute atomic E-state index is 12.6. The lowest BCUT2D eigenvalue weighted by atomic mass is 10.2. The number of hydrogen-bond acceptors (Lipinski definition) is 3. The molecular weight excluding hydrogens is 170 g/mol. The maximum Gasteiger partial charge on any atom is 0.330 e. The van der Waals surface area contributed by atoms with Crippen molar-refractivity contribution >= 4 is 11.4 Å². The molecule has 0 radical (unpaired) electrons. The van der Waals surface area contributed by atoms with Gasteiger partial charge in [0.1, 0.15) is 5.69 Å². The molecule has 1 aromatic rings. The van der Waals surface area contributed by atoms with Gasteiger partial charge in [-0.25, -0.2) is 4.39 Å². The Balaban J connectivity index is 3.43. The third-order valence-electron chi connectivity index (χ3n) is 1.28. The number of nitrogens with two attached hydrogens (primary N) is 1. The second-order valence-electron chi connectivity index (χ2n) is 2.06. The van der Waals surface area contributed by atoms with E-state index in [1.165, 1.54) is 0 Å². The van der Waals surface area contributed by atoms with Crippen molar-refractivity contribution < 1.29 is 13.7 Å². The van der Waals surface area contributed by atoms with Gasteiger partial charge >= 0.3 is 5.69 Å². The second-order valence-corrected chi connectivity index (χ2v) is 2.06. The number of anilines is 1. The summed E-state index contributed by atoms with van der Waals surface area (Å²) in [7, 11) is 0. The number of halogens is 2. The molecule has 0 aliphatic carbocycles. The molecule has 0 aliphatic heterocycles. The maximum atomic E-state index is 12.6. The van der Waals surface area contributed by atoms with Gasteiger partial charge in [0, 0.05) is 0 Å². The first kappa shape index (κ1) is 8.38. The Bertz CT molecular complexity index is 341. The van der Waals surface area contributed by atoms with E-state index in [1.807, 2.05) is 0 Å². The van der Waals surface area contributed by atoms with Gasteiger partial charge in [-0.1, -0.05) is 0 Å². The summed E-state index contributed by atoms with van der Waals surface area (Å²) >= 11 is 0. The van der Waals surface area contributed by atoms with Crippen molar-refractivity contribution in [2.24, 2.45) is 0 Å². The Hall–Kier alpha value is -1.72. The summed E-state index contributed by atoms with van der Waals surface area (Å²) in [6, 6.07) is 1.67. The van der Waals surface area contributed by atoms with Gasteiger partial charge in [0.25, 0.3) is 0 Å². The minimum atomic E-state index is -1.53. The summed E-state index contributed by atoms with van der Waals surface area (Å²) in [5.74, 6) is -2.81. The van der Waals surface area contributed by atoms with E-state index in [-0.39, 0.29) is 5.69 Å². The molecule has 2 N–H and O–H groups in total. The van der Waals surface area contributed by atoms with Crippen LogP contribution in [-0.4, -0.2) is 4.92 Å². The summed E-state index contributed by atoms with van der Waals surface area (Å²) in [4.78, 5) is 9.05. The van der Waals surface area contributed by atoms with Gasteiger partial charge in [0.15, 0.2) is 5.82 Å².